The van der Waals surface area contributed by atoms with Gasteiger partial charge in [0, 0.05) is 13.1 Å². The van der Waals surface area contributed by atoms with Gasteiger partial charge < -0.3 is 5.32 Å². The Hall–Kier alpha value is -1.42. The average molecular weight is 326 g/mol. The molecule has 0 fully saturated rings. The van der Waals surface area contributed by atoms with Crippen LogP contribution in [0.3, 0.4) is 0 Å². The van der Waals surface area contributed by atoms with Crippen LogP contribution in [0, 0.1) is 0 Å². The van der Waals surface area contributed by atoms with Crippen LogP contribution in [0.2, 0.25) is 0 Å². The van der Waals surface area contributed by atoms with E-state index in [-0.39, 0.29) is 23.8 Å². The van der Waals surface area contributed by atoms with Crippen molar-refractivity contribution in [3.05, 3.63) is 12.4 Å². The van der Waals surface area contributed by atoms with Crippen molar-refractivity contribution in [2.45, 2.75) is 31.3 Å². The largest absolute Gasteiger partial charge is 0.402 e. The van der Waals surface area contributed by atoms with Crippen LogP contribution < -0.4 is 5.32 Å². The molecule has 1 N–H and O–H groups in total. The number of aromatic nitrogens is 2. The van der Waals surface area contributed by atoms with E-state index >= 15 is 0 Å². The Morgan fingerprint density at radius 1 is 1.24 bits per heavy atom. The average Bonchev–Trinajstić information content (AvgIpc) is 2.38. The third kappa shape index (κ3) is 5.12. The van der Waals surface area contributed by atoms with E-state index < -0.39 is 22.7 Å². The first-order chi connectivity index (χ1) is 9.70. The monoisotopic (exact) mass is 326 g/mol. The molecule has 0 spiro atoms. The SMILES string of the molecule is CCCN(CC(F)(F)F)S(=O)(=O)c1cnc(NCC)nc1. The summed E-state index contributed by atoms with van der Waals surface area (Å²) in [6.07, 6.45) is -2.34. The molecule has 10 heteroatoms. The predicted molar refractivity (Wildman–Crippen MR) is 71.3 cm³/mol. The molecule has 0 atom stereocenters. The minimum Gasteiger partial charge on any atom is -0.355 e. The molecule has 0 aromatic carbocycles. The van der Waals surface area contributed by atoms with Crippen LogP contribution in [0.4, 0.5) is 19.1 Å². The van der Waals surface area contributed by atoms with Crippen LogP contribution in [-0.2, 0) is 10.0 Å². The Labute approximate surface area is 121 Å². The summed E-state index contributed by atoms with van der Waals surface area (Å²) in [5.41, 5.74) is 0. The number of hydrogen-bond acceptors (Lipinski definition) is 5. The summed E-state index contributed by atoms with van der Waals surface area (Å²) in [4.78, 5) is 7.17. The molecule has 6 nitrogen and oxygen atoms in total. The first kappa shape index (κ1) is 17.6. The summed E-state index contributed by atoms with van der Waals surface area (Å²) in [6, 6.07) is 0. The molecule has 0 bridgehead atoms. The third-order valence-electron chi connectivity index (χ3n) is 2.43. The fourth-order valence-electron chi connectivity index (χ4n) is 1.58. The number of anilines is 1. The number of nitrogens with one attached hydrogen (secondary N) is 1. The van der Waals surface area contributed by atoms with Crippen molar-refractivity contribution in [2.75, 3.05) is 25.0 Å². The first-order valence-electron chi connectivity index (χ1n) is 6.33. The number of rotatable bonds is 7. The van der Waals surface area contributed by atoms with Gasteiger partial charge in [-0.25, -0.2) is 18.4 Å². The van der Waals surface area contributed by atoms with Gasteiger partial charge in [0.25, 0.3) is 0 Å². The first-order valence-corrected chi connectivity index (χ1v) is 7.77. The maximum absolute atomic E-state index is 12.5. The smallest absolute Gasteiger partial charge is 0.355 e. The molecule has 1 rings (SSSR count). The molecule has 1 aromatic heterocycles. The topological polar surface area (TPSA) is 75.2 Å². The molecule has 0 unspecified atom stereocenters. The third-order valence-corrected chi connectivity index (χ3v) is 4.23. The maximum atomic E-state index is 12.5. The summed E-state index contributed by atoms with van der Waals surface area (Å²) >= 11 is 0. The van der Waals surface area contributed by atoms with Crippen molar-refractivity contribution in [1.29, 1.82) is 0 Å². The van der Waals surface area contributed by atoms with Gasteiger partial charge >= 0.3 is 6.18 Å². The minimum atomic E-state index is -4.60. The molecule has 120 valence electrons. The number of halogens is 3. The van der Waals surface area contributed by atoms with Crippen molar-refractivity contribution in [3.63, 3.8) is 0 Å². The van der Waals surface area contributed by atoms with Gasteiger partial charge in [0.05, 0.1) is 12.4 Å². The predicted octanol–water partition coefficient (Wildman–Crippen LogP) is 1.87. The maximum Gasteiger partial charge on any atom is 0.402 e. The molecule has 0 aliphatic rings. The molecule has 1 heterocycles. The highest BCUT2D eigenvalue weighted by Gasteiger charge is 2.36. The lowest BCUT2D eigenvalue weighted by molar-refractivity contribution is -0.136. The summed E-state index contributed by atoms with van der Waals surface area (Å²) < 4.78 is 62.3. The zero-order chi connectivity index (χ0) is 16.1. The van der Waals surface area contributed by atoms with Gasteiger partial charge in [-0.2, -0.15) is 17.5 Å². The van der Waals surface area contributed by atoms with Gasteiger partial charge in [-0.15, -0.1) is 0 Å². The second-order valence-electron chi connectivity index (χ2n) is 4.23. The summed E-state index contributed by atoms with van der Waals surface area (Å²) in [7, 11) is -4.27. The number of hydrogen-bond donors (Lipinski definition) is 1. The Balaban J connectivity index is 3.04. The minimum absolute atomic E-state index is 0.217. The molecular formula is C11H17F3N4O2S. The number of nitrogens with zero attached hydrogens (tertiary/aromatic N) is 3. The summed E-state index contributed by atoms with van der Waals surface area (Å²) in [5.74, 6) is 0.217. The van der Waals surface area contributed by atoms with Gasteiger partial charge in [0.15, 0.2) is 0 Å². The van der Waals surface area contributed by atoms with Crippen LogP contribution in [0.5, 0.6) is 0 Å². The van der Waals surface area contributed by atoms with Crippen molar-refractivity contribution in [3.8, 4) is 0 Å². The number of sulfonamides is 1. The molecule has 0 amide bonds. The van der Waals surface area contributed by atoms with E-state index in [0.29, 0.717) is 10.8 Å². The Morgan fingerprint density at radius 2 is 1.81 bits per heavy atom. The van der Waals surface area contributed by atoms with E-state index in [0.717, 1.165) is 12.4 Å². The molecule has 21 heavy (non-hydrogen) atoms. The number of alkyl halides is 3. The molecule has 1 aromatic rings. The highest BCUT2D eigenvalue weighted by Crippen LogP contribution is 2.22. The van der Waals surface area contributed by atoms with Crippen molar-refractivity contribution in [2.24, 2.45) is 0 Å². The van der Waals surface area contributed by atoms with Crippen LogP contribution in [0.15, 0.2) is 17.3 Å². The van der Waals surface area contributed by atoms with Gasteiger partial charge in [-0.3, -0.25) is 0 Å². The fraction of sp³-hybridized carbons (Fsp3) is 0.636. The van der Waals surface area contributed by atoms with Crippen LogP contribution >= 0.6 is 0 Å². The van der Waals surface area contributed by atoms with Crippen molar-refractivity contribution < 1.29 is 21.6 Å². The molecular weight excluding hydrogens is 309 g/mol. The van der Waals surface area contributed by atoms with Crippen LogP contribution in [-0.4, -0.2) is 48.5 Å². The van der Waals surface area contributed by atoms with E-state index in [1.165, 1.54) is 0 Å². The zero-order valence-corrected chi connectivity index (χ0v) is 12.5. The molecule has 0 saturated carbocycles. The normalized spacial score (nSPS) is 12.7. The quantitative estimate of drug-likeness (QED) is 0.828. The molecule has 0 aliphatic carbocycles. The highest BCUT2D eigenvalue weighted by molar-refractivity contribution is 7.89. The lowest BCUT2D eigenvalue weighted by Crippen LogP contribution is -2.39. The Bertz CT molecular complexity index is 546. The van der Waals surface area contributed by atoms with Gasteiger partial charge in [0.2, 0.25) is 16.0 Å². The molecule has 0 radical (unpaired) electrons. The Morgan fingerprint density at radius 3 is 2.24 bits per heavy atom. The van der Waals surface area contributed by atoms with Gasteiger partial charge in [-0.05, 0) is 13.3 Å². The fourth-order valence-corrected chi connectivity index (χ4v) is 2.99. The van der Waals surface area contributed by atoms with Gasteiger partial charge in [0.1, 0.15) is 11.4 Å². The van der Waals surface area contributed by atoms with E-state index in [4.69, 9.17) is 0 Å². The zero-order valence-electron chi connectivity index (χ0n) is 11.7. The van der Waals surface area contributed by atoms with E-state index in [1.807, 2.05) is 0 Å². The second-order valence-corrected chi connectivity index (χ2v) is 6.16. The molecule has 0 aliphatic heterocycles. The van der Waals surface area contributed by atoms with E-state index in [1.54, 1.807) is 13.8 Å². The van der Waals surface area contributed by atoms with E-state index in [2.05, 4.69) is 15.3 Å². The summed E-state index contributed by atoms with van der Waals surface area (Å²) in [6.45, 7) is 2.20. The molecule has 0 saturated heterocycles. The standard InChI is InChI=1S/C11H17F3N4O2S/c1-3-5-18(8-11(12,13)14)21(19,20)9-6-16-10(15-4-2)17-7-9/h6-7H,3-5,8H2,1-2H3,(H,15,16,17). The van der Waals surface area contributed by atoms with Gasteiger partial charge in [-0.1, -0.05) is 6.92 Å². The van der Waals surface area contributed by atoms with E-state index in [9.17, 15) is 21.6 Å². The van der Waals surface area contributed by atoms with Crippen molar-refractivity contribution >= 4 is 16.0 Å². The lowest BCUT2D eigenvalue weighted by Gasteiger charge is -2.22. The highest BCUT2D eigenvalue weighted by atomic mass is 32.2. The summed E-state index contributed by atoms with van der Waals surface area (Å²) in [5, 5.41) is 2.77. The van der Waals surface area contributed by atoms with Crippen LogP contribution in [0.25, 0.3) is 0 Å². The van der Waals surface area contributed by atoms with Crippen LogP contribution in [0.1, 0.15) is 20.3 Å². The van der Waals surface area contributed by atoms with Crippen molar-refractivity contribution in [1.82, 2.24) is 14.3 Å². The Kier molecular flexibility index (Phi) is 5.90. The lowest BCUT2D eigenvalue weighted by atomic mass is 10.5. The second kappa shape index (κ2) is 7.03.